The number of aliphatic hydroxyl groups is 1. The number of hydrogen-bond donors (Lipinski definition) is 3. The van der Waals surface area contributed by atoms with Gasteiger partial charge in [0.1, 0.15) is 0 Å². The summed E-state index contributed by atoms with van der Waals surface area (Å²) in [5.74, 6) is 0.546. The predicted molar refractivity (Wildman–Crippen MR) is 85.5 cm³/mol. The smallest absolute Gasteiger partial charge is 0.315 e. The lowest BCUT2D eigenvalue weighted by molar-refractivity contribution is 0.219. The van der Waals surface area contributed by atoms with Gasteiger partial charge in [0, 0.05) is 24.1 Å². The average molecular weight is 311 g/mol. The van der Waals surface area contributed by atoms with Gasteiger partial charge in [0.25, 0.3) is 0 Å². The fraction of sp³-hybridized carbons (Fsp3) is 0.667. The molecule has 1 aliphatic carbocycles. The van der Waals surface area contributed by atoms with E-state index in [4.69, 9.17) is 5.11 Å². The molecule has 0 saturated heterocycles. The van der Waals surface area contributed by atoms with E-state index in [9.17, 15) is 4.79 Å². The van der Waals surface area contributed by atoms with Gasteiger partial charge < -0.3 is 20.6 Å². The van der Waals surface area contributed by atoms with Gasteiger partial charge in [-0.05, 0) is 50.7 Å². The molecule has 118 valence electrons. The number of amides is 2. The second kappa shape index (κ2) is 7.77. The molecule has 0 bridgehead atoms. The molecule has 1 aromatic heterocycles. The zero-order valence-electron chi connectivity index (χ0n) is 12.7. The molecule has 1 aliphatic rings. The van der Waals surface area contributed by atoms with Crippen LogP contribution in [-0.4, -0.2) is 49.3 Å². The molecule has 2 atom stereocenters. The van der Waals surface area contributed by atoms with Crippen molar-refractivity contribution in [3.8, 4) is 0 Å². The van der Waals surface area contributed by atoms with Gasteiger partial charge in [-0.3, -0.25) is 0 Å². The van der Waals surface area contributed by atoms with Crippen molar-refractivity contribution >= 4 is 17.4 Å². The molecule has 0 radical (unpaired) electrons. The largest absolute Gasteiger partial charge is 0.396 e. The summed E-state index contributed by atoms with van der Waals surface area (Å²) in [6.07, 6.45) is 2.95. The number of urea groups is 1. The standard InChI is InChI=1S/C15H25N3O2S/c1-18(2)13(14-4-3-9-21-14)10-16-15(20)17-12(7-8-19)11-5-6-11/h3-4,9,11-13,19H,5-8,10H2,1-2H3,(H2,16,17,20)/t12-,13+/m1/s1. The second-order valence-corrected chi connectivity index (χ2v) is 6.78. The average Bonchev–Trinajstić information content (AvgIpc) is 3.15. The van der Waals surface area contributed by atoms with Crippen LogP contribution in [0.1, 0.15) is 30.2 Å². The summed E-state index contributed by atoms with van der Waals surface area (Å²) in [6.45, 7) is 0.701. The van der Waals surface area contributed by atoms with Crippen molar-refractivity contribution in [1.29, 1.82) is 0 Å². The summed E-state index contributed by atoms with van der Waals surface area (Å²) in [4.78, 5) is 15.4. The Morgan fingerprint density at radius 2 is 2.29 bits per heavy atom. The molecule has 6 heteroatoms. The summed E-state index contributed by atoms with van der Waals surface area (Å²) in [5, 5.41) is 17.1. The van der Waals surface area contributed by atoms with Crippen molar-refractivity contribution in [3.63, 3.8) is 0 Å². The Morgan fingerprint density at radius 3 is 2.81 bits per heavy atom. The maximum atomic E-state index is 12.0. The Labute approximate surface area is 130 Å². The molecule has 0 aromatic carbocycles. The van der Waals surface area contributed by atoms with Crippen LogP contribution in [0.5, 0.6) is 0 Å². The fourth-order valence-corrected chi connectivity index (χ4v) is 3.41. The minimum Gasteiger partial charge on any atom is -0.396 e. The maximum Gasteiger partial charge on any atom is 0.315 e. The normalized spacial score (nSPS) is 17.5. The van der Waals surface area contributed by atoms with Crippen LogP contribution in [0.3, 0.4) is 0 Å². The first kappa shape index (κ1) is 16.3. The van der Waals surface area contributed by atoms with Crippen molar-refractivity contribution in [2.45, 2.75) is 31.3 Å². The number of carbonyl (C=O) groups is 1. The quantitative estimate of drug-likeness (QED) is 0.686. The molecule has 1 heterocycles. The van der Waals surface area contributed by atoms with Crippen LogP contribution in [0.15, 0.2) is 17.5 Å². The Morgan fingerprint density at radius 1 is 1.52 bits per heavy atom. The molecule has 21 heavy (non-hydrogen) atoms. The minimum atomic E-state index is -0.135. The van der Waals surface area contributed by atoms with Crippen LogP contribution >= 0.6 is 11.3 Å². The Hall–Kier alpha value is -1.11. The number of aliphatic hydroxyl groups excluding tert-OH is 1. The number of thiophene rings is 1. The van der Waals surface area contributed by atoms with Gasteiger partial charge in [0.2, 0.25) is 0 Å². The zero-order chi connectivity index (χ0) is 15.2. The maximum absolute atomic E-state index is 12.0. The predicted octanol–water partition coefficient (Wildman–Crippen LogP) is 1.81. The van der Waals surface area contributed by atoms with E-state index in [1.807, 2.05) is 20.2 Å². The molecule has 3 N–H and O–H groups in total. The molecule has 2 rings (SSSR count). The second-order valence-electron chi connectivity index (χ2n) is 5.81. The number of nitrogens with zero attached hydrogens (tertiary/aromatic N) is 1. The van der Waals surface area contributed by atoms with Crippen LogP contribution in [-0.2, 0) is 0 Å². The monoisotopic (exact) mass is 311 g/mol. The lowest BCUT2D eigenvalue weighted by Crippen LogP contribution is -2.45. The molecule has 5 nitrogen and oxygen atoms in total. The molecule has 0 spiro atoms. The first-order chi connectivity index (χ1) is 10.1. The lowest BCUT2D eigenvalue weighted by Gasteiger charge is -2.24. The van der Waals surface area contributed by atoms with Gasteiger partial charge in [-0.15, -0.1) is 11.3 Å². The van der Waals surface area contributed by atoms with E-state index in [1.54, 1.807) is 11.3 Å². The molecule has 0 unspecified atom stereocenters. The number of carbonyl (C=O) groups excluding carboxylic acids is 1. The van der Waals surface area contributed by atoms with Gasteiger partial charge in [0.05, 0.1) is 6.04 Å². The number of rotatable bonds is 8. The molecular formula is C15H25N3O2S. The topological polar surface area (TPSA) is 64.6 Å². The van der Waals surface area contributed by atoms with Crippen molar-refractivity contribution in [2.24, 2.45) is 5.92 Å². The van der Waals surface area contributed by atoms with E-state index in [0.29, 0.717) is 18.9 Å². The van der Waals surface area contributed by atoms with Gasteiger partial charge in [-0.1, -0.05) is 6.07 Å². The lowest BCUT2D eigenvalue weighted by atomic mass is 10.1. The van der Waals surface area contributed by atoms with Crippen molar-refractivity contribution in [2.75, 3.05) is 27.2 Å². The van der Waals surface area contributed by atoms with Crippen LogP contribution in [0.2, 0.25) is 0 Å². The first-order valence-corrected chi connectivity index (χ1v) is 8.35. The summed E-state index contributed by atoms with van der Waals surface area (Å²) in [5.41, 5.74) is 0. The van der Waals surface area contributed by atoms with Crippen LogP contribution in [0.4, 0.5) is 4.79 Å². The number of nitrogens with one attached hydrogen (secondary N) is 2. The van der Waals surface area contributed by atoms with Gasteiger partial charge in [0.15, 0.2) is 0 Å². The minimum absolute atomic E-state index is 0.106. The summed E-state index contributed by atoms with van der Waals surface area (Å²) in [7, 11) is 4.03. The van der Waals surface area contributed by atoms with E-state index in [2.05, 4.69) is 27.0 Å². The van der Waals surface area contributed by atoms with E-state index in [1.165, 1.54) is 4.88 Å². The molecule has 1 aromatic rings. The molecule has 1 fully saturated rings. The van der Waals surface area contributed by atoms with Crippen LogP contribution in [0.25, 0.3) is 0 Å². The third kappa shape index (κ3) is 4.98. The molecule has 2 amide bonds. The van der Waals surface area contributed by atoms with E-state index in [-0.39, 0.29) is 24.7 Å². The molecule has 0 aliphatic heterocycles. The van der Waals surface area contributed by atoms with Crippen molar-refractivity contribution in [1.82, 2.24) is 15.5 Å². The third-order valence-electron chi connectivity index (χ3n) is 3.90. The highest BCUT2D eigenvalue weighted by Gasteiger charge is 2.31. The van der Waals surface area contributed by atoms with E-state index < -0.39 is 0 Å². The number of hydrogen-bond acceptors (Lipinski definition) is 4. The van der Waals surface area contributed by atoms with Crippen molar-refractivity contribution in [3.05, 3.63) is 22.4 Å². The Balaban J connectivity index is 1.81. The van der Waals surface area contributed by atoms with E-state index >= 15 is 0 Å². The van der Waals surface area contributed by atoms with E-state index in [0.717, 1.165) is 12.8 Å². The highest BCUT2D eigenvalue weighted by Crippen LogP contribution is 2.33. The van der Waals surface area contributed by atoms with Crippen LogP contribution in [0, 0.1) is 5.92 Å². The van der Waals surface area contributed by atoms with Gasteiger partial charge >= 0.3 is 6.03 Å². The summed E-state index contributed by atoms with van der Waals surface area (Å²) in [6, 6.07) is 4.28. The number of likely N-dealkylation sites (N-methyl/N-ethyl adjacent to an activating group) is 1. The Kier molecular flexibility index (Phi) is 6.02. The third-order valence-corrected chi connectivity index (χ3v) is 4.87. The Bertz CT molecular complexity index is 432. The highest BCUT2D eigenvalue weighted by atomic mass is 32.1. The zero-order valence-corrected chi connectivity index (χ0v) is 13.5. The fourth-order valence-electron chi connectivity index (χ4n) is 2.49. The molecule has 1 saturated carbocycles. The summed E-state index contributed by atoms with van der Waals surface area (Å²) < 4.78 is 0. The van der Waals surface area contributed by atoms with Gasteiger partial charge in [-0.25, -0.2) is 4.79 Å². The van der Waals surface area contributed by atoms with Crippen molar-refractivity contribution < 1.29 is 9.90 Å². The highest BCUT2D eigenvalue weighted by molar-refractivity contribution is 7.10. The van der Waals surface area contributed by atoms with Crippen LogP contribution < -0.4 is 10.6 Å². The SMILES string of the molecule is CN(C)[C@@H](CNC(=O)N[C@H](CCO)C1CC1)c1cccs1. The first-order valence-electron chi connectivity index (χ1n) is 7.47. The molecular weight excluding hydrogens is 286 g/mol. The van der Waals surface area contributed by atoms with Gasteiger partial charge in [-0.2, -0.15) is 0 Å². The summed E-state index contributed by atoms with van der Waals surface area (Å²) >= 11 is 1.70.